The van der Waals surface area contributed by atoms with Gasteiger partial charge in [0.25, 0.3) is 0 Å². The third kappa shape index (κ3) is 2.86. The summed E-state index contributed by atoms with van der Waals surface area (Å²) in [7, 11) is 1.86. The first kappa shape index (κ1) is 13.4. The zero-order valence-corrected chi connectivity index (χ0v) is 10.8. The lowest BCUT2D eigenvalue weighted by Crippen LogP contribution is -2.10. The fourth-order valence-corrected chi connectivity index (χ4v) is 1.47. The van der Waals surface area contributed by atoms with E-state index in [-0.39, 0.29) is 0 Å². The monoisotopic (exact) mass is 271 g/mol. The Hall–Kier alpha value is -3.03. The quantitative estimate of drug-likeness (QED) is 0.647. The molecule has 8 nitrogen and oxygen atoms in total. The van der Waals surface area contributed by atoms with Crippen molar-refractivity contribution in [2.75, 3.05) is 5.73 Å². The van der Waals surface area contributed by atoms with Gasteiger partial charge in [0.1, 0.15) is 11.8 Å². The zero-order valence-electron chi connectivity index (χ0n) is 10.8. The largest absolute Gasteiger partial charge is 0.382 e. The number of imidazole rings is 1. The maximum Gasteiger partial charge on any atom is 0.250 e. The van der Waals surface area contributed by atoms with Gasteiger partial charge in [0.15, 0.2) is 11.5 Å². The second kappa shape index (κ2) is 5.74. The van der Waals surface area contributed by atoms with E-state index in [1.54, 1.807) is 29.2 Å². The van der Waals surface area contributed by atoms with Crippen LogP contribution < -0.4 is 11.5 Å². The van der Waals surface area contributed by atoms with Crippen molar-refractivity contribution in [2.45, 2.75) is 0 Å². The van der Waals surface area contributed by atoms with E-state index in [9.17, 15) is 4.79 Å². The summed E-state index contributed by atoms with van der Waals surface area (Å²) in [6.45, 7) is 0. The molecule has 3 aromatic rings. The average Bonchev–Trinajstić information content (AvgIpc) is 2.84. The van der Waals surface area contributed by atoms with Crippen molar-refractivity contribution < 1.29 is 4.79 Å². The Morgan fingerprint density at radius 1 is 1.30 bits per heavy atom. The van der Waals surface area contributed by atoms with E-state index in [1.807, 2.05) is 7.05 Å². The van der Waals surface area contributed by atoms with Crippen molar-refractivity contribution >= 4 is 22.9 Å². The zero-order chi connectivity index (χ0) is 14.5. The highest BCUT2D eigenvalue weighted by Crippen LogP contribution is 2.11. The molecule has 0 bridgehead atoms. The van der Waals surface area contributed by atoms with Crippen LogP contribution in [-0.2, 0) is 7.05 Å². The van der Waals surface area contributed by atoms with Gasteiger partial charge in [-0.25, -0.2) is 15.0 Å². The van der Waals surface area contributed by atoms with E-state index in [1.165, 1.54) is 12.5 Å². The Balaban J connectivity index is 0.000000151. The summed E-state index contributed by atoms with van der Waals surface area (Å²) < 4.78 is 1.80. The average molecular weight is 271 g/mol. The van der Waals surface area contributed by atoms with Gasteiger partial charge in [0.05, 0.1) is 11.9 Å². The van der Waals surface area contributed by atoms with Gasteiger partial charge in [-0.15, -0.1) is 0 Å². The minimum absolute atomic E-state index is 0.426. The van der Waals surface area contributed by atoms with Gasteiger partial charge in [-0.05, 0) is 12.1 Å². The van der Waals surface area contributed by atoms with E-state index in [4.69, 9.17) is 11.5 Å². The molecule has 0 atom stereocenters. The predicted molar refractivity (Wildman–Crippen MR) is 73.5 cm³/mol. The molecule has 0 aliphatic rings. The SMILES string of the molecule is Cn1cnc2c(N)ncnc21.NC(=O)c1cccnc1. The molecule has 0 aliphatic heterocycles. The van der Waals surface area contributed by atoms with Gasteiger partial charge < -0.3 is 16.0 Å². The summed E-state index contributed by atoms with van der Waals surface area (Å²) >= 11 is 0. The molecule has 0 radical (unpaired) electrons. The van der Waals surface area contributed by atoms with Crippen molar-refractivity contribution in [3.63, 3.8) is 0 Å². The lowest BCUT2D eigenvalue weighted by Gasteiger charge is -1.92. The smallest absolute Gasteiger partial charge is 0.250 e. The number of amides is 1. The second-order valence-corrected chi connectivity index (χ2v) is 3.89. The number of nitrogen functional groups attached to an aromatic ring is 1. The Kier molecular flexibility index (Phi) is 3.85. The van der Waals surface area contributed by atoms with Crippen molar-refractivity contribution in [2.24, 2.45) is 12.8 Å². The van der Waals surface area contributed by atoms with Crippen LogP contribution >= 0.6 is 0 Å². The molecule has 0 unspecified atom stereocenters. The van der Waals surface area contributed by atoms with Gasteiger partial charge in [-0.3, -0.25) is 9.78 Å². The number of carbonyl (C=O) groups excluding carboxylic acids is 1. The molecule has 3 heterocycles. The van der Waals surface area contributed by atoms with Gasteiger partial charge in [-0.1, -0.05) is 0 Å². The van der Waals surface area contributed by atoms with Crippen LogP contribution in [0.4, 0.5) is 5.82 Å². The highest BCUT2D eigenvalue weighted by molar-refractivity contribution is 5.92. The van der Waals surface area contributed by atoms with Crippen LogP contribution in [0.15, 0.2) is 37.2 Å². The fourth-order valence-electron chi connectivity index (χ4n) is 1.47. The molecule has 1 amide bonds. The molecule has 0 saturated heterocycles. The number of hydrogen-bond donors (Lipinski definition) is 2. The summed E-state index contributed by atoms with van der Waals surface area (Å²) in [5.41, 5.74) is 12.3. The highest BCUT2D eigenvalue weighted by atomic mass is 16.1. The number of aryl methyl sites for hydroxylation is 1. The summed E-state index contributed by atoms with van der Waals surface area (Å²) in [4.78, 5) is 25.9. The van der Waals surface area contributed by atoms with Crippen molar-refractivity contribution in [1.82, 2.24) is 24.5 Å². The first-order valence-electron chi connectivity index (χ1n) is 5.67. The topological polar surface area (TPSA) is 126 Å². The van der Waals surface area contributed by atoms with E-state index >= 15 is 0 Å². The molecule has 4 N–H and O–H groups in total. The molecule has 0 saturated carbocycles. The Bertz CT molecular complexity index is 723. The normalized spacial score (nSPS) is 9.85. The third-order valence-corrected chi connectivity index (χ3v) is 2.47. The molecule has 8 heteroatoms. The molecule has 102 valence electrons. The van der Waals surface area contributed by atoms with Crippen molar-refractivity contribution in [3.05, 3.63) is 42.7 Å². The van der Waals surface area contributed by atoms with E-state index < -0.39 is 5.91 Å². The number of anilines is 1. The van der Waals surface area contributed by atoms with Crippen LogP contribution in [0.1, 0.15) is 10.4 Å². The number of nitrogens with two attached hydrogens (primary N) is 2. The molecular weight excluding hydrogens is 258 g/mol. The first-order valence-corrected chi connectivity index (χ1v) is 5.67. The number of hydrogen-bond acceptors (Lipinski definition) is 6. The molecule has 3 aromatic heterocycles. The molecule has 0 spiro atoms. The minimum Gasteiger partial charge on any atom is -0.382 e. The van der Waals surface area contributed by atoms with Gasteiger partial charge in [0, 0.05) is 19.4 Å². The van der Waals surface area contributed by atoms with Gasteiger partial charge >= 0.3 is 0 Å². The molecule has 0 aromatic carbocycles. The minimum atomic E-state index is -0.442. The number of nitrogens with zero attached hydrogens (tertiary/aromatic N) is 5. The predicted octanol–water partition coefficient (Wildman–Crippen LogP) is 0.126. The van der Waals surface area contributed by atoms with Gasteiger partial charge in [0.2, 0.25) is 5.91 Å². The third-order valence-electron chi connectivity index (χ3n) is 2.47. The molecular formula is C12H13N7O. The van der Waals surface area contributed by atoms with Crippen molar-refractivity contribution in [1.29, 1.82) is 0 Å². The number of primary amides is 1. The summed E-state index contributed by atoms with van der Waals surface area (Å²) in [6.07, 6.45) is 6.11. The molecule has 3 rings (SSSR count). The highest BCUT2D eigenvalue weighted by Gasteiger charge is 2.03. The van der Waals surface area contributed by atoms with E-state index in [2.05, 4.69) is 19.9 Å². The number of pyridine rings is 1. The van der Waals surface area contributed by atoms with E-state index in [0.717, 1.165) is 5.65 Å². The maximum absolute atomic E-state index is 10.4. The summed E-state index contributed by atoms with van der Waals surface area (Å²) in [6, 6.07) is 3.29. The molecule has 0 fully saturated rings. The number of rotatable bonds is 1. The Morgan fingerprint density at radius 3 is 2.65 bits per heavy atom. The number of carbonyl (C=O) groups is 1. The fraction of sp³-hybridized carbons (Fsp3) is 0.0833. The van der Waals surface area contributed by atoms with Crippen LogP contribution in [0.3, 0.4) is 0 Å². The second-order valence-electron chi connectivity index (χ2n) is 3.89. The summed E-state index contributed by atoms with van der Waals surface area (Å²) in [5.74, 6) is -0.0151. The van der Waals surface area contributed by atoms with E-state index in [0.29, 0.717) is 16.9 Å². The Labute approximate surface area is 114 Å². The van der Waals surface area contributed by atoms with Crippen LogP contribution in [-0.4, -0.2) is 30.4 Å². The Morgan fingerprint density at radius 2 is 2.10 bits per heavy atom. The standard InChI is InChI=1S/C6H7N5.C6H6N2O/c1-11-3-10-4-5(7)8-2-9-6(4)11;7-6(9)5-2-1-3-8-4-5/h2-3H,1H3,(H2,7,8,9);1-4H,(H2,7,9). The molecule has 0 aliphatic carbocycles. The lowest BCUT2D eigenvalue weighted by atomic mass is 10.3. The van der Waals surface area contributed by atoms with Crippen LogP contribution in [0.5, 0.6) is 0 Å². The lowest BCUT2D eigenvalue weighted by molar-refractivity contribution is 0.1000. The van der Waals surface area contributed by atoms with Crippen LogP contribution in [0.25, 0.3) is 11.2 Å². The summed E-state index contributed by atoms with van der Waals surface area (Å²) in [5, 5.41) is 0. The van der Waals surface area contributed by atoms with Crippen molar-refractivity contribution in [3.8, 4) is 0 Å². The van der Waals surface area contributed by atoms with Crippen LogP contribution in [0.2, 0.25) is 0 Å². The number of fused-ring (bicyclic) bond motifs is 1. The number of aromatic nitrogens is 5. The first-order chi connectivity index (χ1) is 9.59. The van der Waals surface area contributed by atoms with Crippen LogP contribution in [0, 0.1) is 0 Å². The van der Waals surface area contributed by atoms with Gasteiger partial charge in [-0.2, -0.15) is 0 Å². The molecule has 20 heavy (non-hydrogen) atoms. The maximum atomic E-state index is 10.4.